The summed E-state index contributed by atoms with van der Waals surface area (Å²) in [6.07, 6.45) is 37.3. The van der Waals surface area contributed by atoms with E-state index < -0.39 is 0 Å². The summed E-state index contributed by atoms with van der Waals surface area (Å²) in [5.74, 6) is 1.58. The second-order valence-corrected chi connectivity index (χ2v) is 13.4. The molecule has 0 saturated heterocycles. The van der Waals surface area contributed by atoms with Crippen LogP contribution in [0.5, 0.6) is 0 Å². The van der Waals surface area contributed by atoms with Crippen molar-refractivity contribution < 1.29 is 9.59 Å². The monoisotopic (exact) mass is 589 g/mol. The molecule has 4 heteroatoms. The standard InChI is InChI=1S/C38H72N2O2/c1-3-5-7-9-11-13-15-17-19-21-23-25-27-29-37(42)35(30-33-41)34-36(38-39-31-32-40-38)28-26-24-22-20-18-16-14-12-10-8-6-4-2/h33,35-36H,3-32,34H2,1-2H3,(H,39,40). The molecule has 0 radical (unpaired) electrons. The van der Waals surface area contributed by atoms with Crippen LogP contribution < -0.4 is 5.32 Å². The highest BCUT2D eigenvalue weighted by Gasteiger charge is 2.26. The molecule has 4 nitrogen and oxygen atoms in total. The minimum atomic E-state index is -0.132. The summed E-state index contributed by atoms with van der Waals surface area (Å²) in [6, 6.07) is 0. The van der Waals surface area contributed by atoms with Crippen LogP contribution in [-0.4, -0.2) is 31.0 Å². The number of aldehydes is 1. The first kappa shape index (κ1) is 38.8. The van der Waals surface area contributed by atoms with E-state index in [1.54, 1.807) is 0 Å². The molecular formula is C38H72N2O2. The number of hydrogen-bond donors (Lipinski definition) is 1. The van der Waals surface area contributed by atoms with Crippen LogP contribution in [0.3, 0.4) is 0 Å². The van der Waals surface area contributed by atoms with Gasteiger partial charge in [-0.25, -0.2) is 0 Å². The molecule has 2 atom stereocenters. The lowest BCUT2D eigenvalue weighted by molar-refractivity contribution is -0.125. The van der Waals surface area contributed by atoms with Gasteiger partial charge >= 0.3 is 0 Å². The quantitative estimate of drug-likeness (QED) is 0.0612. The highest BCUT2D eigenvalue weighted by Crippen LogP contribution is 2.26. The molecule has 1 rings (SSSR count). The van der Waals surface area contributed by atoms with Crippen molar-refractivity contribution in [2.75, 3.05) is 13.1 Å². The second kappa shape index (κ2) is 29.9. The normalized spacial score (nSPS) is 14.5. The summed E-state index contributed by atoms with van der Waals surface area (Å²) in [5.41, 5.74) is 0. The minimum Gasteiger partial charge on any atom is -0.372 e. The summed E-state index contributed by atoms with van der Waals surface area (Å²) in [5, 5.41) is 3.48. The van der Waals surface area contributed by atoms with E-state index in [1.165, 1.54) is 148 Å². The SMILES string of the molecule is CCCCCCCCCCCCCCCC(=O)C(CC=O)CC(CCCCCCCCCCCCCC)C1=NCCN1. The van der Waals surface area contributed by atoms with Gasteiger partial charge in [0.15, 0.2) is 0 Å². The first-order chi connectivity index (χ1) is 20.7. The zero-order chi connectivity index (χ0) is 30.4. The highest BCUT2D eigenvalue weighted by atomic mass is 16.1. The number of hydrogen-bond acceptors (Lipinski definition) is 4. The van der Waals surface area contributed by atoms with Crippen LogP contribution in [0, 0.1) is 11.8 Å². The summed E-state index contributed by atoms with van der Waals surface area (Å²) < 4.78 is 0. The van der Waals surface area contributed by atoms with Crippen LogP contribution in [0.4, 0.5) is 0 Å². The molecule has 0 aromatic rings. The van der Waals surface area contributed by atoms with Crippen LogP contribution in [0.1, 0.15) is 200 Å². The Morgan fingerprint density at radius 3 is 1.50 bits per heavy atom. The van der Waals surface area contributed by atoms with Crippen molar-refractivity contribution in [1.29, 1.82) is 0 Å². The lowest BCUT2D eigenvalue weighted by Crippen LogP contribution is -2.30. The molecule has 1 aliphatic heterocycles. The molecule has 1 heterocycles. The van der Waals surface area contributed by atoms with Crippen LogP contribution >= 0.6 is 0 Å². The van der Waals surface area contributed by atoms with E-state index in [-0.39, 0.29) is 5.92 Å². The van der Waals surface area contributed by atoms with Gasteiger partial charge in [0.25, 0.3) is 0 Å². The van der Waals surface area contributed by atoms with E-state index in [2.05, 4.69) is 19.2 Å². The smallest absolute Gasteiger partial charge is 0.136 e. The predicted octanol–water partition coefficient (Wildman–Crippen LogP) is 11.3. The molecule has 0 aromatic heterocycles. The van der Waals surface area contributed by atoms with Crippen molar-refractivity contribution in [1.82, 2.24) is 5.32 Å². The van der Waals surface area contributed by atoms with E-state index >= 15 is 0 Å². The molecule has 0 amide bonds. The number of Topliss-reactive ketones (excluding diaryl/α,β-unsaturated/α-hetero) is 1. The van der Waals surface area contributed by atoms with Crippen molar-refractivity contribution >= 4 is 17.9 Å². The van der Waals surface area contributed by atoms with E-state index in [0.29, 0.717) is 24.5 Å². The molecule has 0 aliphatic carbocycles. The molecule has 0 spiro atoms. The molecule has 0 fully saturated rings. The number of aliphatic imine (C=N–C) groups is 1. The Morgan fingerprint density at radius 1 is 0.667 bits per heavy atom. The number of carbonyl (C=O) groups is 2. The predicted molar refractivity (Wildman–Crippen MR) is 184 cm³/mol. The zero-order valence-corrected chi connectivity index (χ0v) is 28.4. The number of amidine groups is 1. The van der Waals surface area contributed by atoms with Gasteiger partial charge in [-0.1, -0.05) is 168 Å². The fourth-order valence-electron chi connectivity index (χ4n) is 6.63. The molecule has 1 N–H and O–H groups in total. The van der Waals surface area contributed by atoms with Gasteiger partial charge in [0.2, 0.25) is 0 Å². The van der Waals surface area contributed by atoms with Crippen LogP contribution in [-0.2, 0) is 9.59 Å². The second-order valence-electron chi connectivity index (χ2n) is 13.4. The van der Waals surface area contributed by atoms with E-state index in [4.69, 9.17) is 4.99 Å². The van der Waals surface area contributed by atoms with Crippen LogP contribution in [0.15, 0.2) is 4.99 Å². The maximum absolute atomic E-state index is 13.1. The Labute approximate surface area is 262 Å². The number of ketones is 1. The van der Waals surface area contributed by atoms with Crippen molar-refractivity contribution in [2.24, 2.45) is 16.8 Å². The van der Waals surface area contributed by atoms with Gasteiger partial charge in [-0.15, -0.1) is 0 Å². The molecule has 2 unspecified atom stereocenters. The molecule has 42 heavy (non-hydrogen) atoms. The third kappa shape index (κ3) is 22.4. The van der Waals surface area contributed by atoms with Crippen molar-refractivity contribution in [3.8, 4) is 0 Å². The number of carbonyl (C=O) groups excluding carboxylic acids is 2. The molecule has 246 valence electrons. The van der Waals surface area contributed by atoms with Crippen molar-refractivity contribution in [3.05, 3.63) is 0 Å². The van der Waals surface area contributed by atoms with Gasteiger partial charge in [-0.05, 0) is 19.3 Å². The maximum Gasteiger partial charge on any atom is 0.136 e. The summed E-state index contributed by atoms with van der Waals surface area (Å²) in [6.45, 7) is 6.32. The highest BCUT2D eigenvalue weighted by molar-refractivity contribution is 5.88. The van der Waals surface area contributed by atoms with Crippen LogP contribution in [0.25, 0.3) is 0 Å². The number of rotatable bonds is 33. The number of unbranched alkanes of at least 4 members (excludes halogenated alkanes) is 23. The lowest BCUT2D eigenvalue weighted by atomic mass is 9.84. The van der Waals surface area contributed by atoms with Crippen molar-refractivity contribution in [3.63, 3.8) is 0 Å². The Morgan fingerprint density at radius 2 is 1.10 bits per heavy atom. The van der Waals surface area contributed by atoms with Crippen LogP contribution in [0.2, 0.25) is 0 Å². The first-order valence-electron chi connectivity index (χ1n) is 19.0. The Hall–Kier alpha value is -1.19. The molecule has 1 aliphatic rings. The molecular weight excluding hydrogens is 516 g/mol. The molecule has 0 saturated carbocycles. The maximum atomic E-state index is 13.1. The van der Waals surface area contributed by atoms with Gasteiger partial charge in [-0.2, -0.15) is 0 Å². The fraction of sp³-hybridized carbons (Fsp3) is 0.921. The summed E-state index contributed by atoms with van der Waals surface area (Å²) in [7, 11) is 0. The van der Waals surface area contributed by atoms with E-state index in [0.717, 1.165) is 50.9 Å². The van der Waals surface area contributed by atoms with Gasteiger partial charge in [0, 0.05) is 31.2 Å². The van der Waals surface area contributed by atoms with Crippen molar-refractivity contribution in [2.45, 2.75) is 200 Å². The first-order valence-corrected chi connectivity index (χ1v) is 19.0. The Kier molecular flexibility index (Phi) is 27.6. The Balaban J connectivity index is 2.21. The van der Waals surface area contributed by atoms with E-state index in [1.807, 2.05) is 0 Å². The summed E-state index contributed by atoms with van der Waals surface area (Å²) >= 11 is 0. The fourth-order valence-corrected chi connectivity index (χ4v) is 6.63. The van der Waals surface area contributed by atoms with Gasteiger partial charge in [-0.3, -0.25) is 9.79 Å². The third-order valence-corrected chi connectivity index (χ3v) is 9.42. The number of nitrogens with one attached hydrogen (secondary N) is 1. The average Bonchev–Trinajstić information content (AvgIpc) is 3.54. The molecule has 0 aromatic carbocycles. The molecule has 0 bridgehead atoms. The van der Waals surface area contributed by atoms with Gasteiger partial charge < -0.3 is 10.1 Å². The third-order valence-electron chi connectivity index (χ3n) is 9.42. The average molecular weight is 589 g/mol. The minimum absolute atomic E-state index is 0.132. The number of nitrogens with zero attached hydrogens (tertiary/aromatic N) is 1. The lowest BCUT2D eigenvalue weighted by Gasteiger charge is -2.22. The summed E-state index contributed by atoms with van der Waals surface area (Å²) in [4.78, 5) is 29.4. The van der Waals surface area contributed by atoms with E-state index in [9.17, 15) is 9.59 Å². The Bertz CT molecular complexity index is 647. The topological polar surface area (TPSA) is 58.5 Å². The largest absolute Gasteiger partial charge is 0.372 e. The van der Waals surface area contributed by atoms with Gasteiger partial charge in [0.05, 0.1) is 12.4 Å². The van der Waals surface area contributed by atoms with Gasteiger partial charge in [0.1, 0.15) is 12.1 Å². The zero-order valence-electron chi connectivity index (χ0n) is 28.4.